The fourth-order valence-electron chi connectivity index (χ4n) is 2.13. The number of carbonyl (C=O) groups excluding carboxylic acids is 3. The van der Waals surface area contributed by atoms with Crippen LogP contribution in [0.2, 0.25) is 0 Å². The first kappa shape index (κ1) is 17.3. The fourth-order valence-corrected chi connectivity index (χ4v) is 2.13. The van der Waals surface area contributed by atoms with Crippen LogP contribution in [0.15, 0.2) is 0 Å². The highest BCUT2D eigenvalue weighted by molar-refractivity contribution is 6.35. The van der Waals surface area contributed by atoms with Crippen LogP contribution in [0.25, 0.3) is 0 Å². The number of nitrogens with one attached hydrogen (secondary N) is 2. The minimum absolute atomic E-state index is 0.0694. The molecule has 0 aromatic carbocycles. The first-order valence-electron chi connectivity index (χ1n) is 7.58. The number of likely N-dealkylation sites (tertiary alicyclic amines) is 1. The van der Waals surface area contributed by atoms with Crippen molar-refractivity contribution in [2.45, 2.75) is 45.6 Å². The van der Waals surface area contributed by atoms with Gasteiger partial charge in [0.05, 0.1) is 6.61 Å². The quantitative estimate of drug-likeness (QED) is 0.576. The second-order valence-electron chi connectivity index (χ2n) is 5.04. The summed E-state index contributed by atoms with van der Waals surface area (Å²) in [6, 6.07) is -0.0694. The zero-order valence-corrected chi connectivity index (χ0v) is 12.8. The summed E-state index contributed by atoms with van der Waals surface area (Å²) in [6.07, 6.45) is 2.77. The van der Waals surface area contributed by atoms with Gasteiger partial charge in [-0.2, -0.15) is 0 Å². The number of nitrogens with zero attached hydrogens (tertiary/aromatic N) is 1. The monoisotopic (exact) mass is 299 g/mol. The molecule has 0 spiro atoms. The SMILES string of the molecule is CCCCNC(=O)C(=O)NC1CCN(C(=O)OCC)CC1. The maximum absolute atomic E-state index is 11.7. The van der Waals surface area contributed by atoms with E-state index < -0.39 is 11.8 Å². The van der Waals surface area contributed by atoms with Crippen LogP contribution in [0.5, 0.6) is 0 Å². The Hall–Kier alpha value is -1.79. The third-order valence-electron chi connectivity index (χ3n) is 3.38. The molecule has 0 radical (unpaired) electrons. The van der Waals surface area contributed by atoms with Crippen LogP contribution >= 0.6 is 0 Å². The molecule has 0 aliphatic carbocycles. The van der Waals surface area contributed by atoms with Crippen LogP contribution in [0.4, 0.5) is 4.79 Å². The first-order valence-corrected chi connectivity index (χ1v) is 7.58. The molecule has 21 heavy (non-hydrogen) atoms. The molecule has 0 aromatic heterocycles. The van der Waals surface area contributed by atoms with Gasteiger partial charge in [-0.05, 0) is 26.2 Å². The summed E-state index contributed by atoms with van der Waals surface area (Å²) in [7, 11) is 0. The summed E-state index contributed by atoms with van der Waals surface area (Å²) in [4.78, 5) is 36.4. The first-order chi connectivity index (χ1) is 10.1. The normalized spacial score (nSPS) is 15.4. The Morgan fingerprint density at radius 3 is 2.38 bits per heavy atom. The van der Waals surface area contributed by atoms with E-state index in [4.69, 9.17) is 4.74 Å². The zero-order valence-electron chi connectivity index (χ0n) is 12.8. The van der Waals surface area contributed by atoms with E-state index in [1.807, 2.05) is 6.92 Å². The van der Waals surface area contributed by atoms with Gasteiger partial charge in [-0.3, -0.25) is 9.59 Å². The molecule has 7 heteroatoms. The van der Waals surface area contributed by atoms with Gasteiger partial charge in [-0.1, -0.05) is 13.3 Å². The highest BCUT2D eigenvalue weighted by atomic mass is 16.6. The molecule has 120 valence electrons. The average molecular weight is 299 g/mol. The van der Waals surface area contributed by atoms with Crippen LogP contribution in [-0.4, -0.2) is 55.1 Å². The number of carbonyl (C=O) groups is 3. The van der Waals surface area contributed by atoms with Crippen LogP contribution in [0.3, 0.4) is 0 Å². The highest BCUT2D eigenvalue weighted by Gasteiger charge is 2.26. The van der Waals surface area contributed by atoms with Crippen molar-refractivity contribution in [3.63, 3.8) is 0 Å². The number of hydrogen-bond donors (Lipinski definition) is 2. The van der Waals surface area contributed by atoms with Gasteiger partial charge in [-0.25, -0.2) is 4.79 Å². The second kappa shape index (κ2) is 9.20. The molecule has 2 N–H and O–H groups in total. The predicted molar refractivity (Wildman–Crippen MR) is 77.7 cm³/mol. The van der Waals surface area contributed by atoms with E-state index in [1.54, 1.807) is 11.8 Å². The summed E-state index contributed by atoms with van der Waals surface area (Å²) < 4.78 is 4.93. The van der Waals surface area contributed by atoms with Gasteiger partial charge in [0.25, 0.3) is 0 Å². The lowest BCUT2D eigenvalue weighted by Gasteiger charge is -2.31. The van der Waals surface area contributed by atoms with E-state index >= 15 is 0 Å². The molecule has 3 amide bonds. The molecule has 1 aliphatic rings. The average Bonchev–Trinajstić information content (AvgIpc) is 2.48. The van der Waals surface area contributed by atoms with Gasteiger partial charge < -0.3 is 20.3 Å². The Bertz CT molecular complexity index is 365. The van der Waals surface area contributed by atoms with E-state index in [0.29, 0.717) is 39.1 Å². The molecule has 0 aromatic rings. The van der Waals surface area contributed by atoms with Crippen LogP contribution < -0.4 is 10.6 Å². The van der Waals surface area contributed by atoms with Gasteiger partial charge in [0.1, 0.15) is 0 Å². The maximum Gasteiger partial charge on any atom is 0.409 e. The number of piperidine rings is 1. The summed E-state index contributed by atoms with van der Waals surface area (Å²) in [5, 5.41) is 5.29. The Kier molecular flexibility index (Phi) is 7.56. The van der Waals surface area contributed by atoms with Crippen molar-refractivity contribution in [2.75, 3.05) is 26.2 Å². The minimum Gasteiger partial charge on any atom is -0.450 e. The molecule has 0 atom stereocenters. The van der Waals surface area contributed by atoms with Crippen molar-refractivity contribution in [3.05, 3.63) is 0 Å². The molecule has 1 fully saturated rings. The van der Waals surface area contributed by atoms with Crippen LogP contribution in [0.1, 0.15) is 39.5 Å². The molecule has 1 saturated heterocycles. The standard InChI is InChI=1S/C14H25N3O4/c1-3-5-8-15-12(18)13(19)16-11-6-9-17(10-7-11)14(20)21-4-2/h11H,3-10H2,1-2H3,(H,15,18)(H,16,19). The maximum atomic E-state index is 11.7. The molecule has 7 nitrogen and oxygen atoms in total. The van der Waals surface area contributed by atoms with Crippen molar-refractivity contribution < 1.29 is 19.1 Å². The van der Waals surface area contributed by atoms with Crippen LogP contribution in [0, 0.1) is 0 Å². The van der Waals surface area contributed by atoms with E-state index in [2.05, 4.69) is 10.6 Å². The molecule has 0 bridgehead atoms. The van der Waals surface area contributed by atoms with Gasteiger partial charge in [0.15, 0.2) is 0 Å². The summed E-state index contributed by atoms with van der Waals surface area (Å²) in [5.74, 6) is -1.18. The van der Waals surface area contributed by atoms with Crippen molar-refractivity contribution in [1.29, 1.82) is 0 Å². The van der Waals surface area contributed by atoms with Gasteiger partial charge in [-0.15, -0.1) is 0 Å². The van der Waals surface area contributed by atoms with Crippen molar-refractivity contribution in [2.24, 2.45) is 0 Å². The van der Waals surface area contributed by atoms with Crippen molar-refractivity contribution >= 4 is 17.9 Å². The molecular weight excluding hydrogens is 274 g/mol. The predicted octanol–water partition coefficient (Wildman–Crippen LogP) is 0.640. The van der Waals surface area contributed by atoms with Gasteiger partial charge >= 0.3 is 17.9 Å². The lowest BCUT2D eigenvalue weighted by Crippen LogP contribution is -2.50. The lowest BCUT2D eigenvalue weighted by atomic mass is 10.1. The smallest absolute Gasteiger partial charge is 0.409 e. The van der Waals surface area contributed by atoms with Gasteiger partial charge in [0.2, 0.25) is 0 Å². The topological polar surface area (TPSA) is 87.7 Å². The third-order valence-corrected chi connectivity index (χ3v) is 3.38. The van der Waals surface area contributed by atoms with E-state index in [9.17, 15) is 14.4 Å². The van der Waals surface area contributed by atoms with Crippen molar-refractivity contribution in [1.82, 2.24) is 15.5 Å². The number of ether oxygens (including phenoxy) is 1. The third kappa shape index (κ3) is 6.01. The second-order valence-corrected chi connectivity index (χ2v) is 5.04. The van der Waals surface area contributed by atoms with E-state index in [1.165, 1.54) is 0 Å². The number of amides is 3. The Labute approximate surface area is 125 Å². The Balaban J connectivity index is 2.27. The highest BCUT2D eigenvalue weighted by Crippen LogP contribution is 2.11. The van der Waals surface area contributed by atoms with Gasteiger partial charge in [0, 0.05) is 25.7 Å². The fraction of sp³-hybridized carbons (Fsp3) is 0.786. The zero-order chi connectivity index (χ0) is 15.7. The summed E-state index contributed by atoms with van der Waals surface area (Å²) in [6.45, 7) is 5.71. The minimum atomic E-state index is -0.597. The van der Waals surface area contributed by atoms with E-state index in [-0.39, 0.29) is 12.1 Å². The van der Waals surface area contributed by atoms with Crippen molar-refractivity contribution in [3.8, 4) is 0 Å². The number of unbranched alkanes of at least 4 members (excludes halogenated alkanes) is 1. The summed E-state index contributed by atoms with van der Waals surface area (Å²) >= 11 is 0. The molecule has 0 saturated carbocycles. The Morgan fingerprint density at radius 2 is 1.81 bits per heavy atom. The molecule has 1 aliphatic heterocycles. The molecule has 0 unspecified atom stereocenters. The van der Waals surface area contributed by atoms with E-state index in [0.717, 1.165) is 12.8 Å². The Morgan fingerprint density at radius 1 is 1.14 bits per heavy atom. The molecule has 1 heterocycles. The molecule has 1 rings (SSSR count). The van der Waals surface area contributed by atoms with Crippen LogP contribution in [-0.2, 0) is 14.3 Å². The lowest BCUT2D eigenvalue weighted by molar-refractivity contribution is -0.139. The molecular formula is C14H25N3O4. The largest absolute Gasteiger partial charge is 0.450 e. The number of hydrogen-bond acceptors (Lipinski definition) is 4. The summed E-state index contributed by atoms with van der Waals surface area (Å²) in [5.41, 5.74) is 0. The number of rotatable bonds is 5.